The monoisotopic (exact) mass is 700 g/mol. The quantitative estimate of drug-likeness (QED) is 0.367. The number of rotatable bonds is 6. The molecule has 1 N–H and O–H groups in total. The highest BCUT2D eigenvalue weighted by atomic mass is 32.2. The molecule has 3 saturated carbocycles. The first-order valence-corrected chi connectivity index (χ1v) is 20.2. The van der Waals surface area contributed by atoms with Gasteiger partial charge in [-0.25, -0.2) is 13.1 Å². The largest absolute Gasteiger partial charge is 0.497 e. The molecule has 0 radical (unpaired) electrons. The first-order valence-electron chi connectivity index (χ1n) is 18.7. The minimum atomic E-state index is -3.77. The van der Waals surface area contributed by atoms with E-state index in [1.54, 1.807) is 13.2 Å². The van der Waals surface area contributed by atoms with Crippen molar-refractivity contribution in [2.24, 2.45) is 5.41 Å². The van der Waals surface area contributed by atoms with Gasteiger partial charge in [0, 0.05) is 47.6 Å². The molecular weight excluding hydrogens is 653 g/mol. The molecule has 4 heterocycles. The Morgan fingerprint density at radius 3 is 2.38 bits per heavy atom. The number of fused-ring (bicyclic) bond motifs is 9. The number of aromatic nitrogens is 1. The number of benzene rings is 2. The highest BCUT2D eigenvalue weighted by Gasteiger charge is 2.65. The van der Waals surface area contributed by atoms with E-state index in [9.17, 15) is 13.2 Å². The van der Waals surface area contributed by atoms with E-state index in [1.807, 2.05) is 18.2 Å². The molecule has 9 rings (SSSR count). The Labute approximate surface area is 294 Å². The molecule has 4 atom stereocenters. The summed E-state index contributed by atoms with van der Waals surface area (Å²) in [5.74, 6) is 0.794. The number of hydrogen-bond donors (Lipinski definition) is 1. The van der Waals surface area contributed by atoms with Gasteiger partial charge in [0.25, 0.3) is 5.91 Å². The number of morpholine rings is 1. The van der Waals surface area contributed by atoms with Gasteiger partial charge in [-0.15, -0.1) is 0 Å². The van der Waals surface area contributed by atoms with Gasteiger partial charge in [-0.3, -0.25) is 9.59 Å². The Bertz CT molecular complexity index is 1960. The van der Waals surface area contributed by atoms with Crippen molar-refractivity contribution in [2.45, 2.75) is 99.9 Å². The minimum absolute atomic E-state index is 0.0134. The fraction of sp³-hybridized carbons (Fsp3) is 0.590. The first-order chi connectivity index (χ1) is 24.2. The molecule has 2 amide bonds. The molecule has 11 heteroatoms. The lowest BCUT2D eigenvalue weighted by Gasteiger charge is -2.50. The number of piperazine rings is 1. The predicted molar refractivity (Wildman–Crippen MR) is 191 cm³/mol. The van der Waals surface area contributed by atoms with Crippen LogP contribution >= 0.6 is 0 Å². The maximum Gasteiger partial charge on any atom is 0.264 e. The van der Waals surface area contributed by atoms with Crippen LogP contribution in [0.15, 0.2) is 36.4 Å². The van der Waals surface area contributed by atoms with E-state index in [4.69, 9.17) is 9.47 Å². The van der Waals surface area contributed by atoms with Crippen LogP contribution in [0, 0.1) is 5.41 Å². The van der Waals surface area contributed by atoms with Crippen molar-refractivity contribution in [1.82, 2.24) is 19.1 Å². The van der Waals surface area contributed by atoms with Gasteiger partial charge in [-0.05, 0) is 86.5 Å². The third kappa shape index (κ3) is 5.12. The van der Waals surface area contributed by atoms with Gasteiger partial charge in [0.15, 0.2) is 0 Å². The van der Waals surface area contributed by atoms with Crippen LogP contribution in [0.3, 0.4) is 0 Å². The molecule has 10 nitrogen and oxygen atoms in total. The lowest BCUT2D eigenvalue weighted by atomic mass is 9.81. The van der Waals surface area contributed by atoms with Gasteiger partial charge in [0.05, 0.1) is 48.8 Å². The van der Waals surface area contributed by atoms with Crippen LogP contribution in [-0.2, 0) is 26.1 Å². The van der Waals surface area contributed by atoms with E-state index < -0.39 is 26.6 Å². The van der Waals surface area contributed by atoms with E-state index in [0.29, 0.717) is 44.1 Å². The summed E-state index contributed by atoms with van der Waals surface area (Å²) in [5.41, 5.74) is 5.31. The normalized spacial score (nSPS) is 28.4. The van der Waals surface area contributed by atoms with Crippen molar-refractivity contribution >= 4 is 32.7 Å². The van der Waals surface area contributed by atoms with Crippen LogP contribution in [0.2, 0.25) is 0 Å². The lowest BCUT2D eigenvalue weighted by Crippen LogP contribution is -2.66. The van der Waals surface area contributed by atoms with E-state index in [-0.39, 0.29) is 23.9 Å². The Morgan fingerprint density at radius 2 is 1.66 bits per heavy atom. The van der Waals surface area contributed by atoms with Crippen molar-refractivity contribution in [2.75, 3.05) is 40.5 Å². The summed E-state index contributed by atoms with van der Waals surface area (Å²) in [6.07, 6.45) is 9.41. The third-order valence-electron chi connectivity index (χ3n) is 12.9. The Morgan fingerprint density at radius 1 is 0.940 bits per heavy atom. The first kappa shape index (κ1) is 32.5. The molecule has 2 saturated heterocycles. The second-order valence-electron chi connectivity index (χ2n) is 15.9. The van der Waals surface area contributed by atoms with E-state index >= 15 is 4.79 Å². The predicted octanol–water partition coefficient (Wildman–Crippen LogP) is 5.40. The number of hydrogen-bond acceptors (Lipinski definition) is 7. The van der Waals surface area contributed by atoms with E-state index in [2.05, 4.69) is 38.3 Å². The van der Waals surface area contributed by atoms with Gasteiger partial charge in [0.1, 0.15) is 5.75 Å². The van der Waals surface area contributed by atoms with Gasteiger partial charge in [0.2, 0.25) is 15.9 Å². The summed E-state index contributed by atoms with van der Waals surface area (Å²) in [4.78, 5) is 33.3. The summed E-state index contributed by atoms with van der Waals surface area (Å²) in [7, 11) is 0.0443. The van der Waals surface area contributed by atoms with Crippen LogP contribution in [0.1, 0.15) is 97.5 Å². The Balaban J connectivity index is 1.20. The van der Waals surface area contributed by atoms with Gasteiger partial charge in [-0.2, -0.15) is 0 Å². The van der Waals surface area contributed by atoms with Crippen molar-refractivity contribution < 1.29 is 27.5 Å². The van der Waals surface area contributed by atoms with Crippen LogP contribution < -0.4 is 9.46 Å². The van der Waals surface area contributed by atoms with Crippen molar-refractivity contribution in [3.63, 3.8) is 0 Å². The topological polar surface area (TPSA) is 110 Å². The SMILES string of the molecule is COc1ccc2c(c1)C1CC1(C(=O)N1C3COC[C@@H]1CN(C)C3)Cn1c-2c(C2CCCCC2)c2ccc(C(=O)NS(=O)(=O)C3CCCC3)cc21. The summed E-state index contributed by atoms with van der Waals surface area (Å²) < 4.78 is 42.8. The number of carbonyl (C=O) groups excluding carboxylic acids is 2. The van der Waals surface area contributed by atoms with Crippen molar-refractivity contribution in [3.8, 4) is 17.0 Å². The van der Waals surface area contributed by atoms with Gasteiger partial charge >= 0.3 is 0 Å². The third-order valence-corrected chi connectivity index (χ3v) is 14.7. The maximum atomic E-state index is 15.1. The number of carbonyl (C=O) groups is 2. The molecule has 2 bridgehead atoms. The van der Waals surface area contributed by atoms with E-state index in [1.165, 1.54) is 24.8 Å². The molecule has 50 heavy (non-hydrogen) atoms. The zero-order valence-corrected chi connectivity index (χ0v) is 30.0. The average molecular weight is 701 g/mol. The molecule has 2 aromatic carbocycles. The minimum Gasteiger partial charge on any atom is -0.497 e. The van der Waals surface area contributed by atoms with Gasteiger partial charge < -0.3 is 23.8 Å². The number of ether oxygens (including phenoxy) is 2. The van der Waals surface area contributed by atoms with E-state index in [0.717, 1.165) is 78.7 Å². The van der Waals surface area contributed by atoms with Crippen LogP contribution in [0.25, 0.3) is 22.2 Å². The highest BCUT2D eigenvalue weighted by Crippen LogP contribution is 2.66. The molecule has 1 aromatic heterocycles. The zero-order valence-electron chi connectivity index (χ0n) is 29.2. The van der Waals surface area contributed by atoms with Crippen molar-refractivity contribution in [3.05, 3.63) is 53.1 Å². The number of sulfonamides is 1. The summed E-state index contributed by atoms with van der Waals surface area (Å²) >= 11 is 0. The molecule has 266 valence electrons. The number of amides is 2. The smallest absolute Gasteiger partial charge is 0.264 e. The highest BCUT2D eigenvalue weighted by molar-refractivity contribution is 7.90. The number of methoxy groups -OCH3 is 1. The molecule has 0 spiro atoms. The number of nitrogens with zero attached hydrogens (tertiary/aromatic N) is 3. The second kappa shape index (κ2) is 12.1. The molecule has 6 aliphatic rings. The number of nitrogens with one attached hydrogen (secondary N) is 1. The molecule has 3 aliphatic heterocycles. The molecule has 3 aromatic rings. The lowest BCUT2D eigenvalue weighted by molar-refractivity contribution is -0.160. The van der Waals surface area contributed by atoms with Crippen LogP contribution in [0.5, 0.6) is 5.75 Å². The Hall–Kier alpha value is -3.41. The molecule has 3 unspecified atom stereocenters. The molecular formula is C39H48N4O6S. The summed E-state index contributed by atoms with van der Waals surface area (Å²) in [6.45, 7) is 3.18. The van der Waals surface area contributed by atoms with Crippen molar-refractivity contribution in [1.29, 1.82) is 0 Å². The maximum absolute atomic E-state index is 15.1. The fourth-order valence-electron chi connectivity index (χ4n) is 10.4. The molecule has 5 fully saturated rings. The fourth-order valence-corrected chi connectivity index (χ4v) is 11.9. The summed E-state index contributed by atoms with van der Waals surface area (Å²) in [5, 5.41) is 0.568. The number of likely N-dealkylation sites (N-methyl/N-ethyl adjacent to an activating group) is 1. The average Bonchev–Trinajstić information content (AvgIpc) is 3.43. The summed E-state index contributed by atoms with van der Waals surface area (Å²) in [6, 6.07) is 12.1. The molecule has 3 aliphatic carbocycles. The standard InChI is InChI=1S/C39H48N4O6S/c1-41-19-26-21-49-22-27(20-41)43(26)38(45)39-18-33(39)32-17-28(48-2)13-15-30(32)36-35(24-8-4-3-5-9-24)31-14-12-25(16-34(31)42(36)23-39)37(44)40-50(46,47)29-10-6-7-11-29/h12-17,24,26-27,29,33H,3-11,18-23H2,1-2H3,(H,40,44)/t26-,27?,33?,39?/m0/s1. The van der Waals surface area contributed by atoms with Crippen LogP contribution in [-0.4, -0.2) is 92.4 Å². The zero-order chi connectivity index (χ0) is 34.4. The van der Waals surface area contributed by atoms with Gasteiger partial charge in [-0.1, -0.05) is 38.2 Å². The van der Waals surface area contributed by atoms with Crippen LogP contribution in [0.4, 0.5) is 0 Å². The Kier molecular flexibility index (Phi) is 7.86. The second-order valence-corrected chi connectivity index (χ2v) is 17.9.